The van der Waals surface area contributed by atoms with Gasteiger partial charge in [0.25, 0.3) is 5.69 Å². The van der Waals surface area contributed by atoms with Gasteiger partial charge in [-0.25, -0.2) is 4.39 Å². The number of rotatable bonds is 5. The molecule has 4 rings (SSSR count). The third kappa shape index (κ3) is 5.01. The van der Waals surface area contributed by atoms with Crippen LogP contribution >= 0.6 is 46.4 Å². The number of aromatic nitrogens is 1. The molecular weight excluding hydrogens is 515 g/mol. The fourth-order valence-electron chi connectivity index (χ4n) is 3.50. The number of carbonyl (C=O) groups excluding carboxylic acids is 2. The molecule has 33 heavy (non-hydrogen) atoms. The smallest absolute Gasteiger partial charge is 0.321 e. The SMILES string of the molecule is O=C(Nc1ccc(F)cc1)c1cc(NC(=O)[C@H]2[C@H](c3cc(Cl)cc(Cl)c3)C2(Cl)Cl)cc[n+]1[O-]. The van der Waals surface area contributed by atoms with Crippen molar-refractivity contribution < 1.29 is 18.7 Å². The molecule has 1 aliphatic carbocycles. The molecule has 1 fully saturated rings. The average Bonchev–Trinajstić information content (AvgIpc) is 3.32. The zero-order valence-electron chi connectivity index (χ0n) is 16.5. The predicted octanol–water partition coefficient (Wildman–Crippen LogP) is 5.54. The maximum atomic E-state index is 13.0. The van der Waals surface area contributed by atoms with Crippen molar-refractivity contribution in [1.29, 1.82) is 0 Å². The van der Waals surface area contributed by atoms with E-state index in [0.29, 0.717) is 26.0 Å². The number of nitrogens with one attached hydrogen (secondary N) is 2. The number of alkyl halides is 2. The van der Waals surface area contributed by atoms with Crippen molar-refractivity contribution in [2.45, 2.75) is 10.3 Å². The van der Waals surface area contributed by atoms with Crippen LogP contribution in [0.5, 0.6) is 0 Å². The molecule has 2 atom stereocenters. The molecule has 2 amide bonds. The number of hydrogen-bond acceptors (Lipinski definition) is 3. The second kappa shape index (κ2) is 8.99. The molecule has 170 valence electrons. The Morgan fingerprint density at radius 3 is 2.21 bits per heavy atom. The maximum absolute atomic E-state index is 13.0. The number of benzene rings is 2. The van der Waals surface area contributed by atoms with Crippen LogP contribution in [0.25, 0.3) is 0 Å². The van der Waals surface area contributed by atoms with Gasteiger partial charge in [-0.3, -0.25) is 9.59 Å². The van der Waals surface area contributed by atoms with E-state index in [1.807, 2.05) is 0 Å². The maximum Gasteiger partial charge on any atom is 0.321 e. The van der Waals surface area contributed by atoms with Crippen molar-refractivity contribution >= 4 is 69.6 Å². The van der Waals surface area contributed by atoms with Crippen molar-refractivity contribution in [3.63, 3.8) is 0 Å². The molecule has 6 nitrogen and oxygen atoms in total. The van der Waals surface area contributed by atoms with Gasteiger partial charge in [-0.1, -0.05) is 23.2 Å². The summed E-state index contributed by atoms with van der Waals surface area (Å²) in [5.74, 6) is -3.08. The summed E-state index contributed by atoms with van der Waals surface area (Å²) < 4.78 is 12.0. The van der Waals surface area contributed by atoms with Gasteiger partial charge in [-0.15, -0.1) is 23.2 Å². The first-order valence-electron chi connectivity index (χ1n) is 9.51. The first kappa shape index (κ1) is 23.6. The van der Waals surface area contributed by atoms with Crippen LogP contribution in [0.4, 0.5) is 15.8 Å². The lowest BCUT2D eigenvalue weighted by molar-refractivity contribution is -0.607. The molecule has 0 saturated heterocycles. The molecule has 0 bridgehead atoms. The second-order valence-electron chi connectivity index (χ2n) is 7.41. The van der Waals surface area contributed by atoms with E-state index in [4.69, 9.17) is 46.4 Å². The van der Waals surface area contributed by atoms with Crippen LogP contribution in [0.1, 0.15) is 22.0 Å². The summed E-state index contributed by atoms with van der Waals surface area (Å²) in [6.45, 7) is 0. The first-order chi connectivity index (χ1) is 15.6. The van der Waals surface area contributed by atoms with Crippen LogP contribution in [0.2, 0.25) is 10.0 Å². The van der Waals surface area contributed by atoms with Gasteiger partial charge in [0, 0.05) is 33.8 Å². The molecular formula is C22H14Cl4FN3O3. The van der Waals surface area contributed by atoms with Gasteiger partial charge >= 0.3 is 5.91 Å². The molecule has 0 spiro atoms. The standard InChI is InChI=1S/C22H14Cl4FN3O3/c23-12-7-11(8-13(24)9-12)18-19(22(18,25)26)21(32)29-16-5-6-30(33)17(10-16)20(31)28-15-3-1-14(27)2-4-15/h1-10,18-19H,(H,28,31)(H,29,32)/t18-,19+/m0/s1. The van der Waals surface area contributed by atoms with Crippen molar-refractivity contribution in [3.05, 3.63) is 93.1 Å². The Kier molecular flexibility index (Phi) is 6.42. The van der Waals surface area contributed by atoms with Crippen LogP contribution in [0.15, 0.2) is 60.8 Å². The molecule has 0 unspecified atom stereocenters. The topological polar surface area (TPSA) is 85.1 Å². The normalized spacial score (nSPS) is 18.5. The fraction of sp³-hybridized carbons (Fsp3) is 0.136. The second-order valence-corrected chi connectivity index (χ2v) is 9.73. The molecule has 0 aliphatic heterocycles. The highest BCUT2D eigenvalue weighted by Crippen LogP contribution is 2.65. The van der Waals surface area contributed by atoms with Gasteiger partial charge in [0.2, 0.25) is 5.91 Å². The Morgan fingerprint density at radius 1 is 0.939 bits per heavy atom. The molecule has 1 heterocycles. The van der Waals surface area contributed by atoms with E-state index in [1.165, 1.54) is 36.4 Å². The van der Waals surface area contributed by atoms with E-state index in [9.17, 15) is 19.2 Å². The monoisotopic (exact) mass is 527 g/mol. The molecule has 11 heteroatoms. The van der Waals surface area contributed by atoms with Gasteiger partial charge in [0.05, 0.1) is 11.6 Å². The van der Waals surface area contributed by atoms with E-state index in [2.05, 4.69) is 10.6 Å². The number of amides is 2. The lowest BCUT2D eigenvalue weighted by atomic mass is 10.1. The van der Waals surface area contributed by atoms with Crippen LogP contribution in [0.3, 0.4) is 0 Å². The number of anilines is 2. The molecule has 2 N–H and O–H groups in total. The lowest BCUT2D eigenvalue weighted by Gasteiger charge is -2.09. The predicted molar refractivity (Wildman–Crippen MR) is 126 cm³/mol. The van der Waals surface area contributed by atoms with Gasteiger partial charge in [-0.2, -0.15) is 4.73 Å². The summed E-state index contributed by atoms with van der Waals surface area (Å²) in [5.41, 5.74) is 0.817. The van der Waals surface area contributed by atoms with Crippen LogP contribution in [-0.2, 0) is 4.79 Å². The summed E-state index contributed by atoms with van der Waals surface area (Å²) in [5, 5.41) is 18.0. The van der Waals surface area contributed by atoms with Crippen molar-refractivity contribution in [2.75, 3.05) is 10.6 Å². The van der Waals surface area contributed by atoms with Crippen molar-refractivity contribution in [1.82, 2.24) is 0 Å². The average molecular weight is 529 g/mol. The van der Waals surface area contributed by atoms with E-state index in [-0.39, 0.29) is 11.4 Å². The van der Waals surface area contributed by atoms with E-state index < -0.39 is 33.8 Å². The van der Waals surface area contributed by atoms with E-state index in [1.54, 1.807) is 18.2 Å². The Labute approximate surface area is 207 Å². The third-order valence-electron chi connectivity index (χ3n) is 5.10. The largest absolute Gasteiger partial charge is 0.618 e. The molecule has 1 aromatic heterocycles. The highest BCUT2D eigenvalue weighted by Gasteiger charge is 2.67. The fourth-order valence-corrected chi connectivity index (χ4v) is 4.87. The Bertz CT molecular complexity index is 1230. The highest BCUT2D eigenvalue weighted by atomic mass is 35.5. The van der Waals surface area contributed by atoms with Crippen LogP contribution in [-0.4, -0.2) is 16.1 Å². The van der Waals surface area contributed by atoms with Crippen LogP contribution in [0, 0.1) is 16.9 Å². The zero-order valence-corrected chi connectivity index (χ0v) is 19.5. The van der Waals surface area contributed by atoms with Crippen molar-refractivity contribution in [3.8, 4) is 0 Å². The highest BCUT2D eigenvalue weighted by molar-refractivity contribution is 6.53. The molecule has 3 aromatic rings. The Hall–Kier alpha value is -2.58. The Morgan fingerprint density at radius 2 is 1.58 bits per heavy atom. The van der Waals surface area contributed by atoms with Gasteiger partial charge in [0.1, 0.15) is 10.2 Å². The van der Waals surface area contributed by atoms with Gasteiger partial charge in [0.15, 0.2) is 6.20 Å². The number of carbonyl (C=O) groups is 2. The summed E-state index contributed by atoms with van der Waals surface area (Å²) in [7, 11) is 0. The van der Waals surface area contributed by atoms with E-state index >= 15 is 0 Å². The summed E-state index contributed by atoms with van der Waals surface area (Å²) in [4.78, 5) is 25.4. The molecule has 1 aliphatic rings. The Balaban J connectivity index is 1.50. The number of halogens is 5. The molecule has 0 radical (unpaired) electrons. The van der Waals surface area contributed by atoms with Gasteiger partial charge in [-0.05, 0) is 48.0 Å². The van der Waals surface area contributed by atoms with Crippen LogP contribution < -0.4 is 15.4 Å². The minimum atomic E-state index is -1.38. The van der Waals surface area contributed by atoms with Gasteiger partial charge < -0.3 is 15.8 Å². The minimum absolute atomic E-state index is 0.190. The summed E-state index contributed by atoms with van der Waals surface area (Å²) >= 11 is 24.8. The minimum Gasteiger partial charge on any atom is -0.618 e. The number of nitrogens with zero attached hydrogens (tertiary/aromatic N) is 1. The summed E-state index contributed by atoms with van der Waals surface area (Å²) in [6, 6.07) is 12.4. The summed E-state index contributed by atoms with van der Waals surface area (Å²) in [6.07, 6.45) is 1.07. The zero-order chi connectivity index (χ0) is 23.9. The third-order valence-corrected chi connectivity index (χ3v) is 6.48. The lowest BCUT2D eigenvalue weighted by Crippen LogP contribution is -2.36. The first-order valence-corrected chi connectivity index (χ1v) is 11.0. The van der Waals surface area contributed by atoms with Crippen molar-refractivity contribution in [2.24, 2.45) is 5.92 Å². The number of hydrogen-bond donors (Lipinski definition) is 2. The number of pyridine rings is 1. The van der Waals surface area contributed by atoms with E-state index in [0.717, 1.165) is 6.20 Å². The molecule has 2 aromatic carbocycles. The quantitative estimate of drug-likeness (QED) is 0.259. The molecule has 1 saturated carbocycles.